The molecule has 1 aromatic heterocycles. The lowest BCUT2D eigenvalue weighted by Gasteiger charge is -2.59. The number of hydrogen-bond acceptors (Lipinski definition) is 2. The molecule has 3 nitrogen and oxygen atoms in total. The Morgan fingerprint density at radius 1 is 1.07 bits per heavy atom. The lowest BCUT2D eigenvalue weighted by molar-refractivity contribution is -0.121. The number of rotatable bonds is 5. The normalized spacial score (nSPS) is 30.7. The Kier molecular flexibility index (Phi) is 5.23. The topological polar surface area (TPSA) is 42.2 Å². The minimum atomic E-state index is -0.0537. The van der Waals surface area contributed by atoms with E-state index in [0.29, 0.717) is 27.0 Å². The summed E-state index contributed by atoms with van der Waals surface area (Å²) in [5.41, 5.74) is 1.12. The van der Waals surface area contributed by atoms with Gasteiger partial charge in [-0.1, -0.05) is 23.2 Å². The van der Waals surface area contributed by atoms with Gasteiger partial charge >= 0.3 is 0 Å². The van der Waals surface area contributed by atoms with E-state index in [2.05, 4.69) is 12.2 Å². The molecule has 5 heteroatoms. The molecule has 4 aliphatic rings. The number of carbonyl (C=O) groups is 1. The van der Waals surface area contributed by atoms with E-state index in [1.807, 2.05) is 12.1 Å². The molecule has 0 saturated heterocycles. The Balaban J connectivity index is 1.23. The minimum absolute atomic E-state index is 0.0537. The molecule has 4 saturated carbocycles. The maximum atomic E-state index is 12.6. The molecule has 0 radical (unpaired) electrons. The summed E-state index contributed by atoms with van der Waals surface area (Å²) in [5, 5.41) is 4.38. The summed E-state index contributed by atoms with van der Waals surface area (Å²) in [5.74, 6) is 3.88. The van der Waals surface area contributed by atoms with Gasteiger partial charge in [0.05, 0.1) is 0 Å². The van der Waals surface area contributed by atoms with Crippen molar-refractivity contribution in [2.24, 2.45) is 23.2 Å². The largest absolute Gasteiger partial charge is 0.457 e. The zero-order valence-corrected chi connectivity index (χ0v) is 18.7. The summed E-state index contributed by atoms with van der Waals surface area (Å²) in [6.45, 7) is 2.20. The fourth-order valence-corrected chi connectivity index (χ4v) is 7.10. The highest BCUT2D eigenvalue weighted by atomic mass is 35.5. The van der Waals surface area contributed by atoms with Crippen LogP contribution in [0.5, 0.6) is 0 Å². The van der Waals surface area contributed by atoms with E-state index in [1.165, 1.54) is 38.5 Å². The molecule has 1 amide bonds. The third kappa shape index (κ3) is 3.94. The number of benzene rings is 1. The number of hydrogen-bond donors (Lipinski definition) is 1. The van der Waals surface area contributed by atoms with E-state index in [4.69, 9.17) is 27.6 Å². The summed E-state index contributed by atoms with van der Waals surface area (Å²) in [7, 11) is 0. The first kappa shape index (κ1) is 20.2. The SMILES string of the molecule is C[C@@H](NC(=O)/C=C/c1ccc(-c2cc(Cl)cc(Cl)c2)o1)C12CC3CC(CC(C3)C1)C2. The Morgan fingerprint density at radius 2 is 1.67 bits per heavy atom. The van der Waals surface area contributed by atoms with Gasteiger partial charge in [0.2, 0.25) is 5.91 Å². The van der Waals surface area contributed by atoms with E-state index in [-0.39, 0.29) is 11.9 Å². The first-order chi connectivity index (χ1) is 14.4. The second kappa shape index (κ2) is 7.76. The van der Waals surface area contributed by atoms with Crippen LogP contribution in [0.2, 0.25) is 10.0 Å². The van der Waals surface area contributed by atoms with Gasteiger partial charge in [0.25, 0.3) is 0 Å². The van der Waals surface area contributed by atoms with Gasteiger partial charge < -0.3 is 9.73 Å². The molecule has 30 heavy (non-hydrogen) atoms. The van der Waals surface area contributed by atoms with Crippen LogP contribution in [0, 0.1) is 23.2 Å². The van der Waals surface area contributed by atoms with Crippen LogP contribution >= 0.6 is 23.2 Å². The van der Waals surface area contributed by atoms with Crippen LogP contribution in [-0.2, 0) is 4.79 Å². The predicted molar refractivity (Wildman–Crippen MR) is 121 cm³/mol. The maximum Gasteiger partial charge on any atom is 0.244 e. The summed E-state index contributed by atoms with van der Waals surface area (Å²) in [6.07, 6.45) is 11.4. The van der Waals surface area contributed by atoms with Crippen molar-refractivity contribution in [3.8, 4) is 11.3 Å². The number of carbonyl (C=O) groups excluding carboxylic acids is 1. The van der Waals surface area contributed by atoms with Gasteiger partial charge in [0.1, 0.15) is 11.5 Å². The van der Waals surface area contributed by atoms with Gasteiger partial charge in [-0.2, -0.15) is 0 Å². The lowest BCUT2D eigenvalue weighted by atomic mass is 9.48. The van der Waals surface area contributed by atoms with Gasteiger partial charge in [-0.15, -0.1) is 0 Å². The van der Waals surface area contributed by atoms with E-state index >= 15 is 0 Å². The Morgan fingerprint density at radius 3 is 2.27 bits per heavy atom. The van der Waals surface area contributed by atoms with Crippen molar-refractivity contribution in [3.05, 3.63) is 52.2 Å². The molecule has 1 N–H and O–H groups in total. The Bertz CT molecular complexity index is 937. The fourth-order valence-electron chi connectivity index (χ4n) is 6.57. The van der Waals surface area contributed by atoms with Crippen molar-refractivity contribution in [3.63, 3.8) is 0 Å². The quantitative estimate of drug-likeness (QED) is 0.505. The number of nitrogens with one attached hydrogen (secondary N) is 1. The van der Waals surface area contributed by atoms with Crippen LogP contribution in [0.4, 0.5) is 0 Å². The molecule has 1 atom stereocenters. The van der Waals surface area contributed by atoms with Gasteiger partial charge in [-0.3, -0.25) is 4.79 Å². The summed E-state index contributed by atoms with van der Waals surface area (Å²) >= 11 is 12.2. The van der Waals surface area contributed by atoms with Crippen molar-refractivity contribution in [2.45, 2.75) is 51.5 Å². The standard InChI is InChI=1S/C25H27Cl2NO2/c1-15(25-12-16-6-17(13-25)8-18(7-16)14-25)28-24(29)5-3-22-2-4-23(30-22)19-9-20(26)11-21(27)10-19/h2-5,9-11,15-18H,6-8,12-14H2,1H3,(H,28,29)/b5-3+/t15-,16?,17?,18?,25?/m1/s1. The molecular weight excluding hydrogens is 417 g/mol. The molecule has 1 aromatic carbocycles. The van der Waals surface area contributed by atoms with Crippen molar-refractivity contribution in [2.75, 3.05) is 0 Å². The van der Waals surface area contributed by atoms with E-state index in [9.17, 15) is 4.79 Å². The van der Waals surface area contributed by atoms with Crippen molar-refractivity contribution in [1.82, 2.24) is 5.32 Å². The highest BCUT2D eigenvalue weighted by Gasteiger charge is 2.53. The average molecular weight is 444 g/mol. The highest BCUT2D eigenvalue weighted by Crippen LogP contribution is 2.61. The third-order valence-electron chi connectivity index (χ3n) is 7.54. The zero-order chi connectivity index (χ0) is 20.9. The number of furan rings is 1. The monoisotopic (exact) mass is 443 g/mol. The summed E-state index contributed by atoms with van der Waals surface area (Å²) in [6, 6.07) is 9.21. The summed E-state index contributed by atoms with van der Waals surface area (Å²) in [4.78, 5) is 12.6. The van der Waals surface area contributed by atoms with Crippen LogP contribution in [-0.4, -0.2) is 11.9 Å². The van der Waals surface area contributed by atoms with Crippen LogP contribution in [0.25, 0.3) is 17.4 Å². The third-order valence-corrected chi connectivity index (χ3v) is 7.97. The predicted octanol–water partition coefficient (Wildman–Crippen LogP) is 6.99. The van der Waals surface area contributed by atoms with Gasteiger partial charge in [0, 0.05) is 27.7 Å². The second-order valence-corrected chi connectivity index (χ2v) is 10.6. The van der Waals surface area contributed by atoms with Gasteiger partial charge in [-0.25, -0.2) is 0 Å². The van der Waals surface area contributed by atoms with Crippen molar-refractivity contribution >= 4 is 35.2 Å². The molecule has 6 rings (SSSR count). The number of amides is 1. The van der Waals surface area contributed by atoms with Crippen LogP contribution in [0.15, 0.2) is 40.8 Å². The average Bonchev–Trinajstić information content (AvgIpc) is 3.14. The van der Waals surface area contributed by atoms with Crippen LogP contribution < -0.4 is 5.32 Å². The molecule has 158 valence electrons. The molecule has 4 fully saturated rings. The first-order valence-corrected chi connectivity index (χ1v) is 11.7. The number of halogens is 2. The lowest BCUT2D eigenvalue weighted by Crippen LogP contribution is -2.55. The fraction of sp³-hybridized carbons (Fsp3) is 0.480. The van der Waals surface area contributed by atoms with Gasteiger partial charge in [0.15, 0.2) is 0 Å². The van der Waals surface area contributed by atoms with Crippen LogP contribution in [0.3, 0.4) is 0 Å². The summed E-state index contributed by atoms with van der Waals surface area (Å²) < 4.78 is 5.85. The van der Waals surface area contributed by atoms with E-state index in [1.54, 1.807) is 30.4 Å². The molecule has 1 heterocycles. The smallest absolute Gasteiger partial charge is 0.244 e. The highest BCUT2D eigenvalue weighted by molar-refractivity contribution is 6.35. The Labute approximate surface area is 187 Å². The zero-order valence-electron chi connectivity index (χ0n) is 17.2. The molecule has 4 bridgehead atoms. The molecule has 2 aromatic rings. The maximum absolute atomic E-state index is 12.6. The van der Waals surface area contributed by atoms with E-state index in [0.717, 1.165) is 23.3 Å². The van der Waals surface area contributed by atoms with Crippen molar-refractivity contribution < 1.29 is 9.21 Å². The molecule has 0 aliphatic heterocycles. The molecule has 4 aliphatic carbocycles. The Hall–Kier alpha value is -1.71. The second-order valence-electron chi connectivity index (χ2n) is 9.70. The van der Waals surface area contributed by atoms with Crippen LogP contribution in [0.1, 0.15) is 51.2 Å². The van der Waals surface area contributed by atoms with E-state index < -0.39 is 0 Å². The minimum Gasteiger partial charge on any atom is -0.457 e. The molecule has 0 spiro atoms. The molecule has 0 unspecified atom stereocenters. The van der Waals surface area contributed by atoms with Crippen molar-refractivity contribution in [1.29, 1.82) is 0 Å². The molecular formula is C25H27Cl2NO2. The van der Waals surface area contributed by atoms with Gasteiger partial charge in [-0.05, 0) is 105 Å². The first-order valence-electron chi connectivity index (χ1n) is 10.9.